The van der Waals surface area contributed by atoms with E-state index in [9.17, 15) is 9.59 Å². The maximum Gasteiger partial charge on any atom is 0.334 e. The van der Waals surface area contributed by atoms with Crippen LogP contribution in [0.4, 0.5) is 0 Å². The average molecular weight is 412 g/mol. The molecule has 2 aromatic carbocycles. The number of amides is 1. The third-order valence-electron chi connectivity index (χ3n) is 4.89. The molecule has 1 amide bonds. The summed E-state index contributed by atoms with van der Waals surface area (Å²) < 4.78 is 11.0. The number of carbonyl (C=O) groups is 2. The zero-order valence-corrected chi connectivity index (χ0v) is 19.0. The Kier molecular flexibility index (Phi) is 7.65. The van der Waals surface area contributed by atoms with Crippen LogP contribution in [0.1, 0.15) is 63.0 Å². The molecule has 5 nitrogen and oxygen atoms in total. The van der Waals surface area contributed by atoms with E-state index in [0.717, 1.165) is 5.56 Å². The number of esters is 1. The highest BCUT2D eigenvalue weighted by Crippen LogP contribution is 2.28. The van der Waals surface area contributed by atoms with Gasteiger partial charge in [0.15, 0.2) is 0 Å². The summed E-state index contributed by atoms with van der Waals surface area (Å²) in [6.07, 6.45) is 0. The van der Waals surface area contributed by atoms with Crippen molar-refractivity contribution in [3.05, 3.63) is 59.2 Å². The molecule has 0 bridgehead atoms. The quantitative estimate of drug-likeness (QED) is 0.511. The Morgan fingerprint density at radius 3 is 2.17 bits per heavy atom. The van der Waals surface area contributed by atoms with Gasteiger partial charge in [0.25, 0.3) is 5.91 Å². The molecule has 0 aliphatic heterocycles. The second-order valence-corrected chi connectivity index (χ2v) is 8.80. The smallest absolute Gasteiger partial charge is 0.334 e. The molecule has 2 aromatic rings. The summed E-state index contributed by atoms with van der Waals surface area (Å²) in [5.41, 5.74) is 2.53. The lowest BCUT2D eigenvalue weighted by atomic mass is 9.86. The molecule has 0 unspecified atom stereocenters. The molecular formula is C25H33NO4. The van der Waals surface area contributed by atoms with Gasteiger partial charge in [0.2, 0.25) is 0 Å². The predicted molar refractivity (Wildman–Crippen MR) is 119 cm³/mol. The first-order valence-electron chi connectivity index (χ1n) is 10.4. The van der Waals surface area contributed by atoms with E-state index in [4.69, 9.17) is 9.47 Å². The summed E-state index contributed by atoms with van der Waals surface area (Å²) in [4.78, 5) is 25.5. The number of ether oxygens (including phenoxy) is 2. The summed E-state index contributed by atoms with van der Waals surface area (Å²) in [5, 5.41) is 2.81. The highest BCUT2D eigenvalue weighted by molar-refractivity contribution is 5.97. The van der Waals surface area contributed by atoms with E-state index in [2.05, 4.69) is 26.1 Å². The van der Waals surface area contributed by atoms with Crippen molar-refractivity contribution in [1.82, 2.24) is 5.32 Å². The van der Waals surface area contributed by atoms with Gasteiger partial charge < -0.3 is 14.8 Å². The Hall–Kier alpha value is -2.82. The van der Waals surface area contributed by atoms with Gasteiger partial charge in [-0.15, -0.1) is 0 Å². The van der Waals surface area contributed by atoms with Crippen LogP contribution in [0, 0.1) is 12.8 Å². The van der Waals surface area contributed by atoms with Crippen LogP contribution in [0.5, 0.6) is 11.5 Å². The Balaban J connectivity index is 2.12. The molecule has 0 aromatic heterocycles. The maximum atomic E-state index is 12.8. The molecule has 0 aliphatic rings. The van der Waals surface area contributed by atoms with Crippen LogP contribution in [0.25, 0.3) is 0 Å². The number of hydrogen-bond acceptors (Lipinski definition) is 4. The third-order valence-corrected chi connectivity index (χ3v) is 4.89. The third kappa shape index (κ3) is 6.09. The minimum atomic E-state index is -0.759. The van der Waals surface area contributed by atoms with Crippen LogP contribution >= 0.6 is 0 Å². The summed E-state index contributed by atoms with van der Waals surface area (Å²) >= 11 is 0. The highest BCUT2D eigenvalue weighted by Gasteiger charge is 2.27. The van der Waals surface area contributed by atoms with E-state index in [1.165, 1.54) is 5.56 Å². The first-order chi connectivity index (χ1) is 14.0. The van der Waals surface area contributed by atoms with Gasteiger partial charge in [0.1, 0.15) is 17.5 Å². The summed E-state index contributed by atoms with van der Waals surface area (Å²) in [5.74, 6) is 0.278. The Morgan fingerprint density at radius 2 is 1.67 bits per heavy atom. The Labute approximate surface area is 179 Å². The Bertz CT molecular complexity index is 879. The molecular weight excluding hydrogens is 378 g/mol. The average Bonchev–Trinajstić information content (AvgIpc) is 2.67. The number of hydrogen-bond donors (Lipinski definition) is 1. The number of carbonyl (C=O) groups excluding carboxylic acids is 2. The lowest BCUT2D eigenvalue weighted by Crippen LogP contribution is -2.46. The summed E-state index contributed by atoms with van der Waals surface area (Å²) in [6, 6.07) is 11.9. The molecule has 1 N–H and O–H groups in total. The Morgan fingerprint density at radius 1 is 1.03 bits per heavy atom. The monoisotopic (exact) mass is 411 g/mol. The number of aryl methyl sites for hydroxylation is 1. The van der Waals surface area contributed by atoms with Crippen molar-refractivity contribution >= 4 is 11.9 Å². The number of nitrogens with one attached hydrogen (secondary N) is 1. The molecule has 2 rings (SSSR count). The van der Waals surface area contributed by atoms with E-state index in [1.54, 1.807) is 24.3 Å². The van der Waals surface area contributed by atoms with Crippen LogP contribution in [0.2, 0.25) is 0 Å². The minimum absolute atomic E-state index is 0.0134. The highest BCUT2D eigenvalue weighted by atomic mass is 16.5. The van der Waals surface area contributed by atoms with Crippen molar-refractivity contribution in [3.8, 4) is 11.5 Å². The standard InChI is InChI=1S/C25H33NO4/c1-8-29-20-12-9-18(10-13-20)23(27)26-22(16(2)3)24(28)30-21-14-11-19(15-17(21)4)25(5,6)7/h9-16,22H,8H2,1-7H3,(H,26,27)/t22-/m0/s1. The second kappa shape index (κ2) is 9.79. The van der Waals surface area contributed by atoms with E-state index >= 15 is 0 Å². The van der Waals surface area contributed by atoms with Crippen LogP contribution in [-0.2, 0) is 10.2 Å². The normalized spacial score (nSPS) is 12.4. The SMILES string of the molecule is CCOc1ccc(C(=O)N[C@H](C(=O)Oc2ccc(C(C)(C)C)cc2C)C(C)C)cc1. The van der Waals surface area contributed by atoms with Crippen molar-refractivity contribution in [2.75, 3.05) is 6.61 Å². The zero-order chi connectivity index (χ0) is 22.5. The maximum absolute atomic E-state index is 12.8. The zero-order valence-electron chi connectivity index (χ0n) is 19.0. The first-order valence-corrected chi connectivity index (χ1v) is 10.4. The van der Waals surface area contributed by atoms with Crippen molar-refractivity contribution in [1.29, 1.82) is 0 Å². The molecule has 5 heteroatoms. The predicted octanol–water partition coefficient (Wildman–Crippen LogP) is 5.05. The molecule has 0 saturated heterocycles. The van der Waals surface area contributed by atoms with Gasteiger partial charge in [0, 0.05) is 5.56 Å². The van der Waals surface area contributed by atoms with Gasteiger partial charge in [0.05, 0.1) is 6.61 Å². The minimum Gasteiger partial charge on any atom is -0.494 e. The molecule has 0 radical (unpaired) electrons. The van der Waals surface area contributed by atoms with Gasteiger partial charge in [-0.3, -0.25) is 4.79 Å². The van der Waals surface area contributed by atoms with Crippen LogP contribution in [0.15, 0.2) is 42.5 Å². The fraction of sp³-hybridized carbons (Fsp3) is 0.440. The first kappa shape index (κ1) is 23.5. The van der Waals surface area contributed by atoms with Crippen LogP contribution in [-0.4, -0.2) is 24.5 Å². The van der Waals surface area contributed by atoms with E-state index in [-0.39, 0.29) is 17.2 Å². The van der Waals surface area contributed by atoms with E-state index < -0.39 is 12.0 Å². The van der Waals surface area contributed by atoms with Crippen LogP contribution in [0.3, 0.4) is 0 Å². The summed E-state index contributed by atoms with van der Waals surface area (Å²) in [7, 11) is 0. The van der Waals surface area contributed by atoms with Gasteiger partial charge in [-0.2, -0.15) is 0 Å². The van der Waals surface area contributed by atoms with E-state index in [1.807, 2.05) is 45.9 Å². The molecule has 0 spiro atoms. The lowest BCUT2D eigenvalue weighted by molar-refractivity contribution is -0.137. The van der Waals surface area contributed by atoms with Crippen LogP contribution < -0.4 is 14.8 Å². The van der Waals surface area contributed by atoms with E-state index in [0.29, 0.717) is 23.7 Å². The van der Waals surface area contributed by atoms with Gasteiger partial charge in [-0.1, -0.05) is 46.8 Å². The van der Waals surface area contributed by atoms with Gasteiger partial charge in [-0.25, -0.2) is 4.79 Å². The van der Waals surface area contributed by atoms with Crippen molar-refractivity contribution in [3.63, 3.8) is 0 Å². The van der Waals surface area contributed by atoms with Gasteiger partial charge >= 0.3 is 5.97 Å². The number of rotatable bonds is 7. The molecule has 0 saturated carbocycles. The summed E-state index contributed by atoms with van der Waals surface area (Å²) in [6.45, 7) is 14.5. The fourth-order valence-corrected chi connectivity index (χ4v) is 2.99. The molecule has 30 heavy (non-hydrogen) atoms. The van der Waals surface area contributed by atoms with Crippen molar-refractivity contribution in [2.45, 2.75) is 59.9 Å². The topological polar surface area (TPSA) is 64.6 Å². The van der Waals surface area contributed by atoms with Crippen molar-refractivity contribution < 1.29 is 19.1 Å². The molecule has 162 valence electrons. The number of benzene rings is 2. The molecule has 0 aliphatic carbocycles. The molecule has 0 fully saturated rings. The lowest BCUT2D eigenvalue weighted by Gasteiger charge is -2.23. The van der Waals surface area contributed by atoms with Crippen molar-refractivity contribution in [2.24, 2.45) is 5.92 Å². The molecule has 1 atom stereocenters. The fourth-order valence-electron chi connectivity index (χ4n) is 2.99. The second-order valence-electron chi connectivity index (χ2n) is 8.80. The largest absolute Gasteiger partial charge is 0.494 e. The molecule has 0 heterocycles. The van der Waals surface area contributed by atoms with Gasteiger partial charge in [-0.05, 0) is 66.6 Å².